The smallest absolute Gasteiger partial charge is 0.254 e. The summed E-state index contributed by atoms with van der Waals surface area (Å²) in [6, 6.07) is 10.8. The summed E-state index contributed by atoms with van der Waals surface area (Å²) in [6.07, 6.45) is 1.64. The van der Waals surface area contributed by atoms with Gasteiger partial charge in [-0.1, -0.05) is 17.7 Å². The second-order valence-corrected chi connectivity index (χ2v) is 5.68. The summed E-state index contributed by atoms with van der Waals surface area (Å²) in [6.45, 7) is 2.83. The van der Waals surface area contributed by atoms with Crippen LogP contribution in [0.2, 0.25) is 5.02 Å². The number of hydrogen-bond acceptors (Lipinski definition) is 4. The number of carbonyl (C=O) groups is 1. The van der Waals surface area contributed by atoms with Gasteiger partial charge in [0.1, 0.15) is 5.82 Å². The van der Waals surface area contributed by atoms with Gasteiger partial charge in [0.15, 0.2) is 0 Å². The van der Waals surface area contributed by atoms with Crippen LogP contribution < -0.4 is 10.6 Å². The van der Waals surface area contributed by atoms with Crippen molar-refractivity contribution in [3.8, 4) is 0 Å². The second kappa shape index (κ2) is 8.97. The number of rotatable bonds is 2. The third-order valence-corrected chi connectivity index (χ3v) is 3.96. The lowest BCUT2D eigenvalue weighted by molar-refractivity contribution is 0.0746. The van der Waals surface area contributed by atoms with Gasteiger partial charge in [0.25, 0.3) is 5.91 Å². The molecule has 1 saturated heterocycles. The lowest BCUT2D eigenvalue weighted by Gasteiger charge is -2.35. The molecule has 0 unspecified atom stereocenters. The maximum Gasteiger partial charge on any atom is 0.254 e. The Morgan fingerprint density at radius 2 is 1.79 bits per heavy atom. The van der Waals surface area contributed by atoms with Crippen LogP contribution in [0, 0.1) is 0 Å². The van der Waals surface area contributed by atoms with E-state index in [4.69, 9.17) is 17.3 Å². The topological polar surface area (TPSA) is 62.5 Å². The van der Waals surface area contributed by atoms with Crippen LogP contribution in [0.15, 0.2) is 42.6 Å². The molecule has 3 rings (SSSR count). The molecule has 1 fully saturated rings. The monoisotopic (exact) mass is 388 g/mol. The quantitative estimate of drug-likeness (QED) is 0.802. The second-order valence-electron chi connectivity index (χ2n) is 5.24. The van der Waals surface area contributed by atoms with Gasteiger partial charge in [0.05, 0.1) is 5.02 Å². The highest BCUT2D eigenvalue weighted by molar-refractivity contribution is 6.30. The molecule has 0 atom stereocenters. The average molecular weight is 390 g/mol. The molecular weight excluding hydrogens is 371 g/mol. The van der Waals surface area contributed by atoms with E-state index >= 15 is 0 Å². The molecule has 0 aliphatic carbocycles. The zero-order valence-electron chi connectivity index (χ0n) is 12.9. The number of anilines is 2. The van der Waals surface area contributed by atoms with Crippen LogP contribution in [-0.2, 0) is 0 Å². The van der Waals surface area contributed by atoms with E-state index in [1.54, 1.807) is 30.5 Å². The average Bonchev–Trinajstić information content (AvgIpc) is 2.55. The Bertz CT molecular complexity index is 673. The minimum atomic E-state index is 0. The van der Waals surface area contributed by atoms with Crippen LogP contribution in [0.5, 0.6) is 0 Å². The Morgan fingerprint density at radius 1 is 1.08 bits per heavy atom. The van der Waals surface area contributed by atoms with Crippen molar-refractivity contribution >= 4 is 53.8 Å². The van der Waals surface area contributed by atoms with Crippen molar-refractivity contribution in [1.29, 1.82) is 0 Å². The molecule has 0 spiro atoms. The van der Waals surface area contributed by atoms with Crippen LogP contribution >= 0.6 is 36.4 Å². The molecule has 5 nitrogen and oxygen atoms in total. The third-order valence-electron chi connectivity index (χ3n) is 3.74. The number of carbonyl (C=O) groups excluding carboxylic acids is 1. The van der Waals surface area contributed by atoms with E-state index in [0.29, 0.717) is 29.4 Å². The highest BCUT2D eigenvalue weighted by Crippen LogP contribution is 2.17. The van der Waals surface area contributed by atoms with Gasteiger partial charge in [-0.05, 0) is 30.3 Å². The van der Waals surface area contributed by atoms with Crippen LogP contribution in [0.1, 0.15) is 10.4 Å². The third kappa shape index (κ3) is 4.66. The Balaban J connectivity index is 0.00000144. The number of hydrogen-bond donors (Lipinski definition) is 1. The Morgan fingerprint density at radius 3 is 2.38 bits per heavy atom. The molecule has 1 amide bonds. The molecule has 0 radical (unpaired) electrons. The first-order valence-electron chi connectivity index (χ1n) is 7.15. The van der Waals surface area contributed by atoms with Crippen molar-refractivity contribution < 1.29 is 4.79 Å². The maximum atomic E-state index is 12.5. The molecule has 8 heteroatoms. The van der Waals surface area contributed by atoms with Gasteiger partial charge in [0, 0.05) is 43.6 Å². The highest BCUT2D eigenvalue weighted by atomic mass is 35.5. The molecule has 0 bridgehead atoms. The number of aromatic nitrogens is 1. The fraction of sp³-hybridized carbons (Fsp3) is 0.250. The van der Waals surface area contributed by atoms with E-state index in [9.17, 15) is 4.79 Å². The number of piperazine rings is 1. The molecule has 2 heterocycles. The van der Waals surface area contributed by atoms with E-state index in [1.165, 1.54) is 0 Å². The van der Waals surface area contributed by atoms with Crippen LogP contribution in [0.4, 0.5) is 11.5 Å². The lowest BCUT2D eigenvalue weighted by Crippen LogP contribution is -2.49. The molecule has 0 saturated carbocycles. The van der Waals surface area contributed by atoms with Crippen LogP contribution in [0.25, 0.3) is 0 Å². The standard InChI is InChI=1S/C16H17ClN4O.2ClH/c17-13-4-5-15(19-11-13)20-6-8-21(9-7-20)16(22)12-2-1-3-14(18)10-12;;/h1-5,10-11H,6-9,18H2;2*1H. The van der Waals surface area contributed by atoms with Gasteiger partial charge in [0.2, 0.25) is 0 Å². The molecular formula is C16H19Cl3N4O. The van der Waals surface area contributed by atoms with Gasteiger partial charge in [-0.25, -0.2) is 4.98 Å². The first-order chi connectivity index (χ1) is 10.6. The molecule has 2 aromatic rings. The predicted molar refractivity (Wildman–Crippen MR) is 103 cm³/mol. The van der Waals surface area contributed by atoms with Gasteiger partial charge in [-0.15, -0.1) is 24.8 Å². The summed E-state index contributed by atoms with van der Waals surface area (Å²) in [5.41, 5.74) is 6.98. The number of pyridine rings is 1. The number of amides is 1. The zero-order valence-corrected chi connectivity index (χ0v) is 15.3. The summed E-state index contributed by atoms with van der Waals surface area (Å²) in [7, 11) is 0. The number of nitrogens with two attached hydrogens (primary N) is 1. The molecule has 1 aromatic heterocycles. The molecule has 1 aliphatic rings. The van der Waals surface area contributed by atoms with Gasteiger partial charge < -0.3 is 15.5 Å². The fourth-order valence-corrected chi connectivity index (χ4v) is 2.66. The van der Waals surface area contributed by atoms with Gasteiger partial charge in [-0.3, -0.25) is 4.79 Å². The van der Waals surface area contributed by atoms with Crippen LogP contribution in [-0.4, -0.2) is 42.0 Å². The number of halogens is 3. The minimum Gasteiger partial charge on any atom is -0.399 e. The van der Waals surface area contributed by atoms with Crippen molar-refractivity contribution in [1.82, 2.24) is 9.88 Å². The molecule has 24 heavy (non-hydrogen) atoms. The molecule has 130 valence electrons. The first kappa shape index (κ1) is 20.4. The van der Waals surface area contributed by atoms with Crippen molar-refractivity contribution in [3.63, 3.8) is 0 Å². The number of nitrogens with zero attached hydrogens (tertiary/aromatic N) is 3. The summed E-state index contributed by atoms with van der Waals surface area (Å²) in [5, 5.41) is 0.624. The van der Waals surface area contributed by atoms with Gasteiger partial charge >= 0.3 is 0 Å². The highest BCUT2D eigenvalue weighted by Gasteiger charge is 2.22. The predicted octanol–water partition coefficient (Wildman–Crippen LogP) is 3.12. The first-order valence-corrected chi connectivity index (χ1v) is 7.52. The molecule has 2 N–H and O–H groups in total. The van der Waals surface area contributed by atoms with E-state index in [2.05, 4.69) is 9.88 Å². The SMILES string of the molecule is Cl.Cl.Nc1cccc(C(=O)N2CCN(c3ccc(Cl)cn3)CC2)c1. The normalized spacial score (nSPS) is 13.7. The Kier molecular flexibility index (Phi) is 7.60. The maximum absolute atomic E-state index is 12.5. The van der Waals surface area contributed by atoms with Crippen molar-refractivity contribution in [2.24, 2.45) is 0 Å². The summed E-state index contributed by atoms with van der Waals surface area (Å²) in [5.74, 6) is 0.913. The van der Waals surface area contributed by atoms with Crippen LogP contribution in [0.3, 0.4) is 0 Å². The van der Waals surface area contributed by atoms with Crippen molar-refractivity contribution in [2.45, 2.75) is 0 Å². The van der Waals surface area contributed by atoms with E-state index in [-0.39, 0.29) is 30.7 Å². The Labute approximate surface area is 158 Å². The summed E-state index contributed by atoms with van der Waals surface area (Å²) >= 11 is 5.85. The van der Waals surface area contributed by atoms with E-state index in [1.807, 2.05) is 17.0 Å². The van der Waals surface area contributed by atoms with Crippen molar-refractivity contribution in [3.05, 3.63) is 53.2 Å². The fourth-order valence-electron chi connectivity index (χ4n) is 2.55. The van der Waals surface area contributed by atoms with E-state index in [0.717, 1.165) is 18.9 Å². The summed E-state index contributed by atoms with van der Waals surface area (Å²) in [4.78, 5) is 20.8. The number of benzene rings is 1. The lowest BCUT2D eigenvalue weighted by atomic mass is 10.1. The number of nitrogen functional groups attached to an aromatic ring is 1. The van der Waals surface area contributed by atoms with E-state index < -0.39 is 0 Å². The molecule has 1 aliphatic heterocycles. The van der Waals surface area contributed by atoms with Gasteiger partial charge in [-0.2, -0.15) is 0 Å². The largest absolute Gasteiger partial charge is 0.399 e. The Hall–Kier alpha value is -1.69. The summed E-state index contributed by atoms with van der Waals surface area (Å²) < 4.78 is 0. The zero-order chi connectivity index (χ0) is 15.5. The van der Waals surface area contributed by atoms with Crippen molar-refractivity contribution in [2.75, 3.05) is 36.8 Å². The minimum absolute atomic E-state index is 0. The molecule has 1 aromatic carbocycles.